The van der Waals surface area contributed by atoms with E-state index in [1.54, 1.807) is 0 Å². The lowest BCUT2D eigenvalue weighted by atomic mass is 10.1. The van der Waals surface area contributed by atoms with Gasteiger partial charge >= 0.3 is 0 Å². The third-order valence-corrected chi connectivity index (χ3v) is 3.52. The average Bonchev–Trinajstić information content (AvgIpc) is 2.78. The van der Waals surface area contributed by atoms with Gasteiger partial charge in [-0.05, 0) is 25.8 Å². The molecule has 19 heavy (non-hydrogen) atoms. The quantitative estimate of drug-likeness (QED) is 0.588. The highest BCUT2D eigenvalue weighted by Gasteiger charge is 2.35. The maximum Gasteiger partial charge on any atom is 0.107 e. The first-order valence-corrected chi connectivity index (χ1v) is 7.86. The molecule has 0 aliphatic carbocycles. The molecule has 3 atom stereocenters. The van der Waals surface area contributed by atoms with E-state index in [0.29, 0.717) is 13.2 Å². The Morgan fingerprint density at radius 1 is 1.16 bits per heavy atom. The van der Waals surface area contributed by atoms with E-state index in [2.05, 4.69) is 13.8 Å². The second kappa shape index (κ2) is 10.6. The van der Waals surface area contributed by atoms with Crippen molar-refractivity contribution in [3.05, 3.63) is 0 Å². The van der Waals surface area contributed by atoms with Gasteiger partial charge in [-0.3, -0.25) is 0 Å². The van der Waals surface area contributed by atoms with Crippen molar-refractivity contribution in [3.8, 4) is 0 Å². The first kappa shape index (κ1) is 16.9. The lowest BCUT2D eigenvalue weighted by Crippen LogP contribution is -2.29. The number of hydrogen-bond acceptors (Lipinski definition) is 4. The molecule has 114 valence electrons. The SMILES string of the molecule is CCCCOC[C@H]1OC(CCN)C[C@@H]1OCCCC. The van der Waals surface area contributed by atoms with Crippen molar-refractivity contribution in [2.75, 3.05) is 26.4 Å². The van der Waals surface area contributed by atoms with Crippen LogP contribution in [0.1, 0.15) is 52.4 Å². The molecule has 1 aliphatic heterocycles. The fraction of sp³-hybridized carbons (Fsp3) is 1.00. The smallest absolute Gasteiger partial charge is 0.107 e. The standard InChI is InChI=1S/C15H31NO3/c1-3-5-9-17-12-15-14(18-10-6-4-2)11-13(19-15)7-8-16/h13-15H,3-12,16H2,1-2H3/t13?,14-,15+/m0/s1. The van der Waals surface area contributed by atoms with Gasteiger partial charge in [0.05, 0.1) is 18.8 Å². The Labute approximate surface area is 118 Å². The van der Waals surface area contributed by atoms with Crippen LogP contribution in [0.4, 0.5) is 0 Å². The molecule has 1 heterocycles. The summed E-state index contributed by atoms with van der Waals surface area (Å²) in [7, 11) is 0. The molecular formula is C15H31NO3. The topological polar surface area (TPSA) is 53.7 Å². The highest BCUT2D eigenvalue weighted by molar-refractivity contribution is 4.83. The van der Waals surface area contributed by atoms with E-state index in [1.807, 2.05) is 0 Å². The molecule has 4 nitrogen and oxygen atoms in total. The summed E-state index contributed by atoms with van der Waals surface area (Å²) in [6, 6.07) is 0. The van der Waals surface area contributed by atoms with Crippen LogP contribution in [0.5, 0.6) is 0 Å². The van der Waals surface area contributed by atoms with Crippen LogP contribution < -0.4 is 5.73 Å². The predicted octanol–water partition coefficient (Wildman–Crippen LogP) is 2.49. The van der Waals surface area contributed by atoms with Crippen molar-refractivity contribution in [1.29, 1.82) is 0 Å². The maximum atomic E-state index is 6.00. The molecule has 1 rings (SSSR count). The van der Waals surface area contributed by atoms with Crippen molar-refractivity contribution in [2.24, 2.45) is 5.73 Å². The highest BCUT2D eigenvalue weighted by atomic mass is 16.6. The third-order valence-electron chi connectivity index (χ3n) is 3.52. The maximum absolute atomic E-state index is 6.00. The molecule has 0 saturated carbocycles. The van der Waals surface area contributed by atoms with Crippen molar-refractivity contribution in [2.45, 2.75) is 70.7 Å². The summed E-state index contributed by atoms with van der Waals surface area (Å²) in [5.41, 5.74) is 5.61. The van der Waals surface area contributed by atoms with Crippen LogP contribution in [0.3, 0.4) is 0 Å². The molecule has 1 aliphatic rings. The number of rotatable bonds is 11. The molecule has 4 heteroatoms. The van der Waals surface area contributed by atoms with E-state index in [4.69, 9.17) is 19.9 Å². The Kier molecular flexibility index (Phi) is 9.43. The van der Waals surface area contributed by atoms with Crippen molar-refractivity contribution in [3.63, 3.8) is 0 Å². The number of unbranched alkanes of at least 4 members (excludes halogenated alkanes) is 2. The fourth-order valence-electron chi connectivity index (χ4n) is 2.32. The van der Waals surface area contributed by atoms with E-state index < -0.39 is 0 Å². The lowest BCUT2D eigenvalue weighted by Gasteiger charge is -2.19. The average molecular weight is 273 g/mol. The van der Waals surface area contributed by atoms with E-state index in [9.17, 15) is 0 Å². The van der Waals surface area contributed by atoms with Crippen LogP contribution in [0.25, 0.3) is 0 Å². The molecule has 0 aromatic carbocycles. The molecule has 1 saturated heterocycles. The molecule has 0 radical (unpaired) electrons. The summed E-state index contributed by atoms with van der Waals surface area (Å²) in [6.07, 6.45) is 6.95. The van der Waals surface area contributed by atoms with Crippen molar-refractivity contribution < 1.29 is 14.2 Å². The lowest BCUT2D eigenvalue weighted by molar-refractivity contribution is -0.0650. The first-order valence-electron chi connectivity index (χ1n) is 7.86. The van der Waals surface area contributed by atoms with Gasteiger partial charge in [0.1, 0.15) is 6.10 Å². The minimum atomic E-state index is 0.0882. The largest absolute Gasteiger partial charge is 0.379 e. The van der Waals surface area contributed by atoms with Gasteiger partial charge in [-0.2, -0.15) is 0 Å². The zero-order chi connectivity index (χ0) is 13.9. The van der Waals surface area contributed by atoms with Gasteiger partial charge in [-0.25, -0.2) is 0 Å². The summed E-state index contributed by atoms with van der Waals surface area (Å²) >= 11 is 0. The van der Waals surface area contributed by atoms with Crippen LogP contribution in [0, 0.1) is 0 Å². The Morgan fingerprint density at radius 3 is 2.58 bits per heavy atom. The Morgan fingerprint density at radius 2 is 1.89 bits per heavy atom. The van der Waals surface area contributed by atoms with E-state index in [0.717, 1.165) is 51.7 Å². The van der Waals surface area contributed by atoms with Crippen LogP contribution in [-0.2, 0) is 14.2 Å². The number of ether oxygens (including phenoxy) is 3. The molecular weight excluding hydrogens is 242 g/mol. The molecule has 0 aromatic heterocycles. The van der Waals surface area contributed by atoms with Gasteiger partial charge in [-0.15, -0.1) is 0 Å². The summed E-state index contributed by atoms with van der Waals surface area (Å²) in [5.74, 6) is 0. The Bertz CT molecular complexity index is 214. The molecule has 2 N–H and O–H groups in total. The van der Waals surface area contributed by atoms with E-state index in [1.165, 1.54) is 0 Å². The second-order valence-corrected chi connectivity index (χ2v) is 5.30. The molecule has 0 aromatic rings. The second-order valence-electron chi connectivity index (χ2n) is 5.30. The van der Waals surface area contributed by atoms with Gasteiger partial charge in [0.2, 0.25) is 0 Å². The first-order chi connectivity index (χ1) is 9.31. The predicted molar refractivity (Wildman–Crippen MR) is 77.3 cm³/mol. The molecule has 0 spiro atoms. The molecule has 0 amide bonds. The summed E-state index contributed by atoms with van der Waals surface area (Å²) in [5, 5.41) is 0. The molecule has 1 unspecified atom stereocenters. The van der Waals surface area contributed by atoms with Gasteiger partial charge in [0.15, 0.2) is 0 Å². The minimum absolute atomic E-state index is 0.0882. The van der Waals surface area contributed by atoms with Crippen molar-refractivity contribution in [1.82, 2.24) is 0 Å². The summed E-state index contributed by atoms with van der Waals surface area (Å²) in [4.78, 5) is 0. The van der Waals surface area contributed by atoms with Gasteiger partial charge < -0.3 is 19.9 Å². The zero-order valence-electron chi connectivity index (χ0n) is 12.6. The highest BCUT2D eigenvalue weighted by Crippen LogP contribution is 2.25. The minimum Gasteiger partial charge on any atom is -0.379 e. The number of nitrogens with two attached hydrogens (primary N) is 1. The molecule has 0 bridgehead atoms. The van der Waals surface area contributed by atoms with Crippen molar-refractivity contribution >= 4 is 0 Å². The summed E-state index contributed by atoms with van der Waals surface area (Å²) in [6.45, 7) is 7.32. The van der Waals surface area contributed by atoms with E-state index >= 15 is 0 Å². The normalized spacial score (nSPS) is 27.0. The zero-order valence-corrected chi connectivity index (χ0v) is 12.6. The van der Waals surface area contributed by atoms with Gasteiger partial charge in [-0.1, -0.05) is 26.7 Å². The summed E-state index contributed by atoms with van der Waals surface area (Å²) < 4.78 is 17.6. The Hall–Kier alpha value is -0.160. The van der Waals surface area contributed by atoms with Gasteiger partial charge in [0, 0.05) is 19.6 Å². The fourth-order valence-corrected chi connectivity index (χ4v) is 2.32. The van der Waals surface area contributed by atoms with Crippen LogP contribution in [-0.4, -0.2) is 44.7 Å². The van der Waals surface area contributed by atoms with Crippen LogP contribution >= 0.6 is 0 Å². The third kappa shape index (κ3) is 6.70. The monoisotopic (exact) mass is 273 g/mol. The van der Waals surface area contributed by atoms with Crippen LogP contribution in [0.2, 0.25) is 0 Å². The number of hydrogen-bond donors (Lipinski definition) is 1. The van der Waals surface area contributed by atoms with Gasteiger partial charge in [0.25, 0.3) is 0 Å². The van der Waals surface area contributed by atoms with Crippen LogP contribution in [0.15, 0.2) is 0 Å². The Balaban J connectivity index is 2.29. The molecule has 1 fully saturated rings. The van der Waals surface area contributed by atoms with E-state index in [-0.39, 0.29) is 18.3 Å².